The Morgan fingerprint density at radius 2 is 1.93 bits per heavy atom. The molecule has 0 bridgehead atoms. The first-order chi connectivity index (χ1) is 6.38. The average Bonchev–Trinajstić information content (AvgIpc) is 2.09. The van der Waals surface area contributed by atoms with E-state index in [0.29, 0.717) is 5.92 Å². The van der Waals surface area contributed by atoms with Crippen molar-refractivity contribution >= 4 is 37.6 Å². The molecule has 0 fully saturated rings. The smallest absolute Gasteiger partial charge is 0.167 e. The van der Waals surface area contributed by atoms with Crippen LogP contribution in [0.15, 0.2) is 23.8 Å². The Kier molecular flexibility index (Phi) is 3.75. The summed E-state index contributed by atoms with van der Waals surface area (Å²) in [7, 11) is 0. The van der Waals surface area contributed by atoms with E-state index in [-0.39, 0.29) is 9.52 Å². The molecule has 14 heavy (non-hydrogen) atoms. The Bertz CT molecular complexity index is 302. The molecule has 1 aliphatic rings. The lowest BCUT2D eigenvalue weighted by molar-refractivity contribution is -0.120. The van der Waals surface area contributed by atoms with Crippen LogP contribution < -0.4 is 0 Å². The summed E-state index contributed by atoms with van der Waals surface area (Å²) in [6, 6.07) is 0. The topological polar surface area (TPSA) is 17.1 Å². The molecule has 0 saturated heterocycles. The fourth-order valence-electron chi connectivity index (χ4n) is 1.25. The maximum atomic E-state index is 11.9. The van der Waals surface area contributed by atoms with Crippen molar-refractivity contribution in [3.63, 3.8) is 0 Å². The number of carbonyl (C=O) groups is 1. The molecule has 1 rings (SSSR count). The van der Waals surface area contributed by atoms with Crippen LogP contribution in [0.5, 0.6) is 0 Å². The lowest BCUT2D eigenvalue weighted by atomic mass is 9.81. The van der Waals surface area contributed by atoms with Gasteiger partial charge in [0.1, 0.15) is 0 Å². The summed E-state index contributed by atoms with van der Waals surface area (Å²) in [5.41, 5.74) is 0.645. The van der Waals surface area contributed by atoms with Crippen molar-refractivity contribution in [3.8, 4) is 0 Å². The van der Waals surface area contributed by atoms with Crippen molar-refractivity contribution in [2.75, 3.05) is 0 Å². The van der Waals surface area contributed by atoms with Gasteiger partial charge in [-0.1, -0.05) is 57.9 Å². The zero-order valence-corrected chi connectivity index (χ0v) is 11.7. The zero-order valence-electron chi connectivity index (χ0n) is 8.55. The van der Waals surface area contributed by atoms with Gasteiger partial charge in [-0.15, -0.1) is 0 Å². The van der Waals surface area contributed by atoms with E-state index in [1.165, 1.54) is 0 Å². The molecule has 0 aromatic heterocycles. The molecule has 0 saturated carbocycles. The summed E-state index contributed by atoms with van der Waals surface area (Å²) >= 11 is 6.81. The van der Waals surface area contributed by atoms with E-state index >= 15 is 0 Å². The molecular formula is C11H14Br2O. The summed E-state index contributed by atoms with van der Waals surface area (Å²) < 4.78 is -0.0174. The molecule has 0 radical (unpaired) electrons. The SMILES string of the molecule is CC(C)C1=CC(=O)C(C)(C(Br)Br)C=C1. The summed E-state index contributed by atoms with van der Waals surface area (Å²) in [4.78, 5) is 11.9. The molecule has 1 nitrogen and oxygen atoms in total. The number of allylic oxidation sites excluding steroid dienone is 4. The molecule has 1 atom stereocenters. The number of alkyl halides is 2. The molecule has 0 spiro atoms. The quantitative estimate of drug-likeness (QED) is 0.706. The van der Waals surface area contributed by atoms with Crippen molar-refractivity contribution in [2.24, 2.45) is 11.3 Å². The standard InChI is InChI=1S/C11H14Br2O/c1-7(2)8-4-5-11(3,10(12)13)9(14)6-8/h4-7,10H,1-3H3. The zero-order chi connectivity index (χ0) is 10.9. The second-order valence-electron chi connectivity index (χ2n) is 4.08. The third-order valence-electron chi connectivity index (χ3n) is 2.57. The summed E-state index contributed by atoms with van der Waals surface area (Å²) in [5.74, 6) is 0.561. The molecule has 0 N–H and O–H groups in total. The highest BCUT2D eigenvalue weighted by molar-refractivity contribution is 9.24. The predicted molar refractivity (Wildman–Crippen MR) is 66.8 cm³/mol. The van der Waals surface area contributed by atoms with E-state index in [1.807, 2.05) is 19.1 Å². The van der Waals surface area contributed by atoms with Gasteiger partial charge in [0.25, 0.3) is 0 Å². The Morgan fingerprint density at radius 1 is 1.36 bits per heavy atom. The van der Waals surface area contributed by atoms with Gasteiger partial charge in [0.2, 0.25) is 0 Å². The second-order valence-corrected chi connectivity index (χ2v) is 7.14. The van der Waals surface area contributed by atoms with Gasteiger partial charge in [-0.2, -0.15) is 0 Å². The summed E-state index contributed by atoms with van der Waals surface area (Å²) in [6.07, 6.45) is 5.76. The van der Waals surface area contributed by atoms with E-state index in [2.05, 4.69) is 45.7 Å². The number of ketones is 1. The van der Waals surface area contributed by atoms with Gasteiger partial charge in [0.15, 0.2) is 5.78 Å². The van der Waals surface area contributed by atoms with Crippen molar-refractivity contribution in [2.45, 2.75) is 24.5 Å². The van der Waals surface area contributed by atoms with Crippen LogP contribution in [0.3, 0.4) is 0 Å². The van der Waals surface area contributed by atoms with Crippen molar-refractivity contribution in [1.29, 1.82) is 0 Å². The summed E-state index contributed by atoms with van der Waals surface area (Å²) in [6.45, 7) is 6.10. The highest BCUT2D eigenvalue weighted by Crippen LogP contribution is 2.38. The van der Waals surface area contributed by atoms with E-state index in [1.54, 1.807) is 6.08 Å². The highest BCUT2D eigenvalue weighted by atomic mass is 79.9. The van der Waals surface area contributed by atoms with Gasteiger partial charge < -0.3 is 0 Å². The second kappa shape index (κ2) is 4.31. The monoisotopic (exact) mass is 320 g/mol. The molecule has 3 heteroatoms. The lowest BCUT2D eigenvalue weighted by Crippen LogP contribution is -2.32. The van der Waals surface area contributed by atoms with Crippen molar-refractivity contribution in [1.82, 2.24) is 0 Å². The van der Waals surface area contributed by atoms with Crippen LogP contribution in [0.4, 0.5) is 0 Å². The number of hydrogen-bond donors (Lipinski definition) is 0. The Balaban J connectivity index is 2.97. The van der Waals surface area contributed by atoms with Crippen LogP contribution in [0.25, 0.3) is 0 Å². The minimum absolute atomic E-state index is 0.0174. The van der Waals surface area contributed by atoms with E-state index in [9.17, 15) is 4.79 Å². The van der Waals surface area contributed by atoms with Crippen LogP contribution in [-0.4, -0.2) is 9.52 Å². The van der Waals surface area contributed by atoms with E-state index in [4.69, 9.17) is 0 Å². The Morgan fingerprint density at radius 3 is 2.29 bits per heavy atom. The van der Waals surface area contributed by atoms with Gasteiger partial charge in [-0.25, -0.2) is 0 Å². The van der Waals surface area contributed by atoms with Gasteiger partial charge in [-0.3, -0.25) is 4.79 Å². The van der Waals surface area contributed by atoms with Crippen LogP contribution in [0.1, 0.15) is 20.8 Å². The van der Waals surface area contributed by atoms with Crippen LogP contribution >= 0.6 is 31.9 Å². The third-order valence-corrected chi connectivity index (χ3v) is 4.47. The fourth-order valence-corrected chi connectivity index (χ4v) is 2.00. The van der Waals surface area contributed by atoms with Crippen LogP contribution in [-0.2, 0) is 4.79 Å². The lowest BCUT2D eigenvalue weighted by Gasteiger charge is -2.28. The van der Waals surface area contributed by atoms with Crippen LogP contribution in [0, 0.1) is 11.3 Å². The molecule has 78 valence electrons. The highest BCUT2D eigenvalue weighted by Gasteiger charge is 2.36. The predicted octanol–water partition coefficient (Wildman–Crippen LogP) is 3.83. The number of rotatable bonds is 2. The van der Waals surface area contributed by atoms with Gasteiger partial charge >= 0.3 is 0 Å². The van der Waals surface area contributed by atoms with E-state index < -0.39 is 5.41 Å². The molecule has 0 aromatic carbocycles. The van der Waals surface area contributed by atoms with Gasteiger partial charge in [0.05, 0.1) is 9.15 Å². The van der Waals surface area contributed by atoms with Crippen LogP contribution in [0.2, 0.25) is 0 Å². The molecule has 0 amide bonds. The maximum Gasteiger partial charge on any atom is 0.167 e. The van der Waals surface area contributed by atoms with Gasteiger partial charge in [-0.05, 0) is 24.5 Å². The Hall–Kier alpha value is 0.110. The molecule has 0 heterocycles. The van der Waals surface area contributed by atoms with Gasteiger partial charge in [0, 0.05) is 0 Å². The molecule has 1 aliphatic carbocycles. The van der Waals surface area contributed by atoms with Crippen molar-refractivity contribution < 1.29 is 4.79 Å². The largest absolute Gasteiger partial charge is 0.294 e. The molecule has 1 unspecified atom stereocenters. The molecule has 0 aliphatic heterocycles. The average molecular weight is 322 g/mol. The maximum absolute atomic E-state index is 11.9. The first-order valence-corrected chi connectivity index (χ1v) is 6.44. The van der Waals surface area contributed by atoms with Crippen molar-refractivity contribution in [3.05, 3.63) is 23.8 Å². The Labute approximate surface area is 102 Å². The number of carbonyl (C=O) groups excluding carboxylic acids is 1. The normalized spacial score (nSPS) is 27.4. The first-order valence-electron chi connectivity index (χ1n) is 4.61. The fraction of sp³-hybridized carbons (Fsp3) is 0.545. The minimum atomic E-state index is -0.460. The molecular weight excluding hydrogens is 308 g/mol. The van der Waals surface area contributed by atoms with E-state index in [0.717, 1.165) is 5.57 Å². The first kappa shape index (κ1) is 12.2. The summed E-state index contributed by atoms with van der Waals surface area (Å²) in [5, 5.41) is 0. The third kappa shape index (κ3) is 2.19. The minimum Gasteiger partial charge on any atom is -0.294 e. The number of halogens is 2. The molecule has 0 aromatic rings. The number of hydrogen-bond acceptors (Lipinski definition) is 1.